The molecule has 0 fully saturated rings. The molecule has 1 aromatic carbocycles. The molecule has 1 heterocycles. The van der Waals surface area contributed by atoms with Crippen molar-refractivity contribution in [2.24, 2.45) is 0 Å². The van der Waals surface area contributed by atoms with Gasteiger partial charge in [-0.25, -0.2) is 0 Å². The first kappa shape index (κ1) is 14.9. The Morgan fingerprint density at radius 3 is 2.65 bits per heavy atom. The van der Waals surface area contributed by atoms with E-state index in [0.717, 1.165) is 29.9 Å². The van der Waals surface area contributed by atoms with Crippen molar-refractivity contribution in [2.45, 2.75) is 26.3 Å². The van der Waals surface area contributed by atoms with Gasteiger partial charge < -0.3 is 14.5 Å². The number of halogens is 1. The number of hydrogen-bond acceptors (Lipinski definition) is 3. The van der Waals surface area contributed by atoms with Gasteiger partial charge in [-0.1, -0.05) is 24.6 Å². The van der Waals surface area contributed by atoms with E-state index < -0.39 is 0 Å². The van der Waals surface area contributed by atoms with Crippen molar-refractivity contribution < 1.29 is 9.15 Å². The molecule has 0 saturated carbocycles. The highest BCUT2D eigenvalue weighted by atomic mass is 35.5. The maximum atomic E-state index is 6.22. The molecule has 0 aliphatic heterocycles. The summed E-state index contributed by atoms with van der Waals surface area (Å²) in [4.78, 5) is 0. The second-order valence-corrected chi connectivity index (χ2v) is 5.18. The second kappa shape index (κ2) is 6.82. The minimum Gasteiger partial charge on any atom is -0.495 e. The summed E-state index contributed by atoms with van der Waals surface area (Å²) in [5.74, 6) is 1.59. The van der Waals surface area contributed by atoms with Crippen LogP contribution in [-0.4, -0.2) is 13.7 Å². The number of benzene rings is 1. The van der Waals surface area contributed by atoms with E-state index in [0.29, 0.717) is 10.8 Å². The highest BCUT2D eigenvalue weighted by Gasteiger charge is 2.16. The predicted octanol–water partition coefficient (Wildman–Crippen LogP) is 4.34. The Balaban J connectivity index is 2.33. The molecule has 20 heavy (non-hydrogen) atoms. The molecule has 0 saturated heterocycles. The molecule has 1 atom stereocenters. The monoisotopic (exact) mass is 293 g/mol. The molecular formula is C16H20ClNO2. The fourth-order valence-corrected chi connectivity index (χ4v) is 2.46. The summed E-state index contributed by atoms with van der Waals surface area (Å²) in [6.07, 6.45) is 2.86. The van der Waals surface area contributed by atoms with Crippen molar-refractivity contribution >= 4 is 11.6 Å². The van der Waals surface area contributed by atoms with Crippen LogP contribution in [-0.2, 0) is 0 Å². The van der Waals surface area contributed by atoms with Crippen LogP contribution in [0.5, 0.6) is 5.75 Å². The standard InChI is InChI=1S/C16H20ClNO2/c1-4-7-18-16(13-8-11(2)20-10-13)12-5-6-15(19-3)14(17)9-12/h5-6,8-10,16,18H,4,7H2,1-3H3. The molecule has 0 bridgehead atoms. The minimum atomic E-state index is 0.0795. The molecule has 1 unspecified atom stereocenters. The number of hydrogen-bond donors (Lipinski definition) is 1. The van der Waals surface area contributed by atoms with Gasteiger partial charge >= 0.3 is 0 Å². The Bertz CT molecular complexity index is 565. The van der Waals surface area contributed by atoms with Crippen LogP contribution in [0.1, 0.15) is 36.3 Å². The highest BCUT2D eigenvalue weighted by Crippen LogP contribution is 2.31. The number of furan rings is 1. The van der Waals surface area contributed by atoms with E-state index in [2.05, 4.69) is 12.2 Å². The number of methoxy groups -OCH3 is 1. The molecule has 108 valence electrons. The zero-order chi connectivity index (χ0) is 14.5. The fourth-order valence-electron chi connectivity index (χ4n) is 2.19. The maximum absolute atomic E-state index is 6.22. The Labute approximate surface area is 124 Å². The van der Waals surface area contributed by atoms with Gasteiger partial charge in [-0.05, 0) is 43.7 Å². The molecule has 0 aliphatic carbocycles. The first-order chi connectivity index (χ1) is 9.65. The summed E-state index contributed by atoms with van der Waals surface area (Å²) in [5, 5.41) is 4.14. The van der Waals surface area contributed by atoms with Gasteiger partial charge in [0.1, 0.15) is 11.5 Å². The maximum Gasteiger partial charge on any atom is 0.137 e. The topological polar surface area (TPSA) is 34.4 Å². The molecule has 3 nitrogen and oxygen atoms in total. The summed E-state index contributed by atoms with van der Waals surface area (Å²) >= 11 is 6.22. The number of nitrogens with one attached hydrogen (secondary N) is 1. The smallest absolute Gasteiger partial charge is 0.137 e. The average molecular weight is 294 g/mol. The van der Waals surface area contributed by atoms with E-state index in [1.165, 1.54) is 0 Å². The molecule has 4 heteroatoms. The van der Waals surface area contributed by atoms with Gasteiger partial charge in [0.25, 0.3) is 0 Å². The molecule has 0 aliphatic rings. The molecule has 1 aromatic heterocycles. The zero-order valence-electron chi connectivity index (χ0n) is 12.1. The van der Waals surface area contributed by atoms with Crippen molar-refractivity contribution in [3.8, 4) is 5.75 Å². The molecule has 0 radical (unpaired) electrons. The molecule has 2 aromatic rings. The minimum absolute atomic E-state index is 0.0795. The van der Waals surface area contributed by atoms with Gasteiger partial charge in [0, 0.05) is 5.56 Å². The summed E-state index contributed by atoms with van der Waals surface area (Å²) in [5.41, 5.74) is 2.21. The molecular weight excluding hydrogens is 274 g/mol. The third-order valence-corrected chi connectivity index (χ3v) is 3.49. The number of rotatable bonds is 6. The lowest BCUT2D eigenvalue weighted by Crippen LogP contribution is -2.22. The number of ether oxygens (including phenoxy) is 1. The first-order valence-electron chi connectivity index (χ1n) is 6.77. The average Bonchev–Trinajstić information content (AvgIpc) is 2.86. The second-order valence-electron chi connectivity index (χ2n) is 4.77. The zero-order valence-corrected chi connectivity index (χ0v) is 12.8. The van der Waals surface area contributed by atoms with Gasteiger partial charge in [-0.2, -0.15) is 0 Å². The highest BCUT2D eigenvalue weighted by molar-refractivity contribution is 6.32. The van der Waals surface area contributed by atoms with Crippen molar-refractivity contribution in [1.29, 1.82) is 0 Å². The molecule has 0 spiro atoms. The summed E-state index contributed by atoms with van der Waals surface area (Å²) in [6.45, 7) is 5.02. The van der Waals surface area contributed by atoms with Crippen LogP contribution in [0.3, 0.4) is 0 Å². The third-order valence-electron chi connectivity index (χ3n) is 3.19. The predicted molar refractivity (Wildman–Crippen MR) is 81.6 cm³/mol. The Hall–Kier alpha value is -1.45. The van der Waals surface area contributed by atoms with E-state index in [1.807, 2.05) is 31.2 Å². The van der Waals surface area contributed by atoms with E-state index in [4.69, 9.17) is 20.8 Å². The van der Waals surface area contributed by atoms with Crippen LogP contribution >= 0.6 is 11.6 Å². The van der Waals surface area contributed by atoms with Crippen LogP contribution < -0.4 is 10.1 Å². The Kier molecular flexibility index (Phi) is 5.10. The van der Waals surface area contributed by atoms with Crippen molar-refractivity contribution in [3.05, 3.63) is 52.4 Å². The van der Waals surface area contributed by atoms with Crippen molar-refractivity contribution in [1.82, 2.24) is 5.32 Å². The fraction of sp³-hybridized carbons (Fsp3) is 0.375. The number of aryl methyl sites for hydroxylation is 1. The first-order valence-corrected chi connectivity index (χ1v) is 7.15. The lowest BCUT2D eigenvalue weighted by Gasteiger charge is -2.18. The van der Waals surface area contributed by atoms with E-state index in [1.54, 1.807) is 13.4 Å². The normalized spacial score (nSPS) is 12.4. The van der Waals surface area contributed by atoms with Crippen LogP contribution in [0.25, 0.3) is 0 Å². The lowest BCUT2D eigenvalue weighted by molar-refractivity contribution is 0.414. The summed E-state index contributed by atoms with van der Waals surface area (Å²) < 4.78 is 10.6. The van der Waals surface area contributed by atoms with Gasteiger partial charge in [0.15, 0.2) is 0 Å². The van der Waals surface area contributed by atoms with E-state index in [9.17, 15) is 0 Å². The summed E-state index contributed by atoms with van der Waals surface area (Å²) in [6, 6.07) is 7.99. The van der Waals surface area contributed by atoms with Crippen molar-refractivity contribution in [2.75, 3.05) is 13.7 Å². The van der Waals surface area contributed by atoms with Gasteiger partial charge in [-0.15, -0.1) is 0 Å². The van der Waals surface area contributed by atoms with E-state index in [-0.39, 0.29) is 6.04 Å². The Morgan fingerprint density at radius 1 is 1.30 bits per heavy atom. The van der Waals surface area contributed by atoms with Crippen LogP contribution in [0.15, 0.2) is 34.9 Å². The molecule has 0 amide bonds. The lowest BCUT2D eigenvalue weighted by atomic mass is 10.0. The largest absolute Gasteiger partial charge is 0.495 e. The summed E-state index contributed by atoms with van der Waals surface area (Å²) in [7, 11) is 1.62. The third kappa shape index (κ3) is 3.35. The van der Waals surface area contributed by atoms with Gasteiger partial charge in [0.2, 0.25) is 0 Å². The van der Waals surface area contributed by atoms with Gasteiger partial charge in [-0.3, -0.25) is 0 Å². The quantitative estimate of drug-likeness (QED) is 0.860. The Morgan fingerprint density at radius 2 is 2.10 bits per heavy atom. The van der Waals surface area contributed by atoms with E-state index >= 15 is 0 Å². The van der Waals surface area contributed by atoms with Crippen LogP contribution in [0, 0.1) is 6.92 Å². The SMILES string of the molecule is CCCNC(c1coc(C)c1)c1ccc(OC)c(Cl)c1. The van der Waals surface area contributed by atoms with Crippen LogP contribution in [0.2, 0.25) is 5.02 Å². The van der Waals surface area contributed by atoms with Crippen molar-refractivity contribution in [3.63, 3.8) is 0 Å². The van der Waals surface area contributed by atoms with Crippen LogP contribution in [0.4, 0.5) is 0 Å². The molecule has 1 N–H and O–H groups in total. The molecule has 2 rings (SSSR count). The van der Waals surface area contributed by atoms with Gasteiger partial charge in [0.05, 0.1) is 24.4 Å².